The van der Waals surface area contributed by atoms with Crippen molar-refractivity contribution in [2.45, 2.75) is 38.6 Å². The maximum Gasteiger partial charge on any atom is 0.226 e. The fourth-order valence-electron chi connectivity index (χ4n) is 3.73. The average molecular weight is 355 g/mol. The molecule has 0 unspecified atom stereocenters. The zero-order valence-electron chi connectivity index (χ0n) is 14.9. The highest BCUT2D eigenvalue weighted by Gasteiger charge is 2.30. The first-order chi connectivity index (χ1) is 12.8. The van der Waals surface area contributed by atoms with Crippen LogP contribution >= 0.6 is 0 Å². The third-order valence-corrected chi connectivity index (χ3v) is 5.19. The number of rotatable bonds is 4. The van der Waals surface area contributed by atoms with Crippen LogP contribution in [0.25, 0.3) is 0 Å². The molecule has 0 N–H and O–H groups in total. The van der Waals surface area contributed by atoms with Crippen LogP contribution in [0.4, 0.5) is 0 Å². The van der Waals surface area contributed by atoms with Gasteiger partial charge in [-0.05, 0) is 36.6 Å². The number of fused-ring (bicyclic) bond motifs is 1. The Morgan fingerprint density at radius 1 is 1.23 bits per heavy atom. The zero-order valence-corrected chi connectivity index (χ0v) is 14.9. The van der Waals surface area contributed by atoms with Crippen molar-refractivity contribution in [3.63, 3.8) is 0 Å². The molecule has 6 nitrogen and oxygen atoms in total. The minimum Gasteiger partial charge on any atom is -0.381 e. The van der Waals surface area contributed by atoms with Crippen LogP contribution in [0.15, 0.2) is 42.9 Å². The Kier molecular flexibility index (Phi) is 5.32. The molecule has 0 spiro atoms. The molecule has 0 radical (unpaired) electrons. The Morgan fingerprint density at radius 2 is 2.12 bits per heavy atom. The molecule has 1 amide bonds. The first kappa shape index (κ1) is 17.2. The summed E-state index contributed by atoms with van der Waals surface area (Å²) in [5.74, 6) is 0.308. The van der Waals surface area contributed by atoms with E-state index in [2.05, 4.69) is 21.8 Å². The molecule has 0 bridgehead atoms. The molecule has 2 aliphatic rings. The van der Waals surface area contributed by atoms with Crippen LogP contribution in [0.5, 0.6) is 0 Å². The second-order valence-corrected chi connectivity index (χ2v) is 7.05. The van der Waals surface area contributed by atoms with Crippen molar-refractivity contribution in [2.24, 2.45) is 5.92 Å². The van der Waals surface area contributed by atoms with E-state index in [1.165, 1.54) is 0 Å². The van der Waals surface area contributed by atoms with Crippen molar-refractivity contribution in [3.05, 3.63) is 54.1 Å². The van der Waals surface area contributed by atoms with Crippen LogP contribution in [0.1, 0.15) is 24.1 Å². The number of aromatic nitrogens is 2. The van der Waals surface area contributed by atoms with Gasteiger partial charge in [-0.25, -0.2) is 0 Å². The van der Waals surface area contributed by atoms with Crippen molar-refractivity contribution < 1.29 is 14.3 Å². The fraction of sp³-hybridized carbons (Fsp3) is 0.500. The van der Waals surface area contributed by atoms with Gasteiger partial charge < -0.3 is 18.9 Å². The first-order valence-electron chi connectivity index (χ1n) is 9.30. The summed E-state index contributed by atoms with van der Waals surface area (Å²) < 4.78 is 13.8. The highest BCUT2D eigenvalue weighted by molar-refractivity contribution is 5.79. The fourth-order valence-corrected chi connectivity index (χ4v) is 3.73. The summed E-state index contributed by atoms with van der Waals surface area (Å²) in [6, 6.07) is 8.05. The van der Waals surface area contributed by atoms with Gasteiger partial charge in [0.2, 0.25) is 5.91 Å². The van der Waals surface area contributed by atoms with Crippen LogP contribution in [0.3, 0.4) is 0 Å². The molecular formula is C20H25N3O3. The number of amides is 1. The number of pyridine rings is 1. The van der Waals surface area contributed by atoms with E-state index in [1.54, 1.807) is 6.20 Å². The summed E-state index contributed by atoms with van der Waals surface area (Å²) in [5.41, 5.74) is 2.21. The standard InChI is InChI=1S/C20H25N3O3/c24-20(17-5-9-25-10-6-17)23-12-18-4-2-8-22(18)13-19(14-23)26-15-16-3-1-7-21-11-16/h1-4,7-8,11,17,19H,5-6,9-10,12-15H2/t19-/m0/s1. The van der Waals surface area contributed by atoms with E-state index in [9.17, 15) is 4.79 Å². The Labute approximate surface area is 153 Å². The minimum atomic E-state index is -0.0346. The van der Waals surface area contributed by atoms with Crippen molar-refractivity contribution in [1.82, 2.24) is 14.5 Å². The predicted molar refractivity (Wildman–Crippen MR) is 96.2 cm³/mol. The summed E-state index contributed by atoms with van der Waals surface area (Å²) in [5, 5.41) is 0. The first-order valence-corrected chi connectivity index (χ1v) is 9.30. The van der Waals surface area contributed by atoms with Crippen LogP contribution in [0.2, 0.25) is 0 Å². The summed E-state index contributed by atoms with van der Waals surface area (Å²) in [7, 11) is 0. The molecule has 0 aliphatic carbocycles. The van der Waals surface area contributed by atoms with Gasteiger partial charge in [0.05, 0.1) is 25.8 Å². The SMILES string of the molecule is O=C(C1CCOCC1)N1Cc2cccn2C[C@H](OCc2cccnc2)C1. The second-order valence-electron chi connectivity index (χ2n) is 7.05. The third-order valence-electron chi connectivity index (χ3n) is 5.19. The normalized spacial score (nSPS) is 21.2. The van der Waals surface area contributed by atoms with Crippen molar-refractivity contribution in [2.75, 3.05) is 19.8 Å². The van der Waals surface area contributed by atoms with Crippen LogP contribution in [0, 0.1) is 5.92 Å². The largest absolute Gasteiger partial charge is 0.381 e. The number of carbonyl (C=O) groups excluding carboxylic acids is 1. The smallest absolute Gasteiger partial charge is 0.226 e. The number of carbonyl (C=O) groups is 1. The topological polar surface area (TPSA) is 56.6 Å². The summed E-state index contributed by atoms with van der Waals surface area (Å²) in [6.45, 7) is 3.91. The summed E-state index contributed by atoms with van der Waals surface area (Å²) >= 11 is 0. The van der Waals surface area contributed by atoms with Crippen molar-refractivity contribution >= 4 is 5.91 Å². The lowest BCUT2D eigenvalue weighted by atomic mass is 9.98. The van der Waals surface area contributed by atoms with E-state index in [0.29, 0.717) is 32.9 Å². The van der Waals surface area contributed by atoms with Crippen molar-refractivity contribution in [3.8, 4) is 0 Å². The monoisotopic (exact) mass is 355 g/mol. The van der Waals surface area contributed by atoms with Gasteiger partial charge in [-0.1, -0.05) is 6.07 Å². The van der Waals surface area contributed by atoms with Gasteiger partial charge in [-0.3, -0.25) is 9.78 Å². The molecule has 1 saturated heterocycles. The maximum atomic E-state index is 13.1. The number of nitrogens with zero attached hydrogens (tertiary/aromatic N) is 3. The van der Waals surface area contributed by atoms with Gasteiger partial charge in [-0.15, -0.1) is 0 Å². The lowest BCUT2D eigenvalue weighted by Gasteiger charge is -2.30. The van der Waals surface area contributed by atoms with Crippen molar-refractivity contribution in [1.29, 1.82) is 0 Å². The van der Waals surface area contributed by atoms with E-state index in [-0.39, 0.29) is 17.9 Å². The maximum absolute atomic E-state index is 13.1. The molecule has 2 aliphatic heterocycles. The second kappa shape index (κ2) is 8.01. The molecule has 2 aromatic rings. The quantitative estimate of drug-likeness (QED) is 0.844. The van der Waals surface area contributed by atoms with Gasteiger partial charge in [-0.2, -0.15) is 0 Å². The number of hydrogen-bond acceptors (Lipinski definition) is 4. The lowest BCUT2D eigenvalue weighted by molar-refractivity contribution is -0.141. The Balaban J connectivity index is 1.47. The molecular weight excluding hydrogens is 330 g/mol. The Hall–Kier alpha value is -2.18. The van der Waals surface area contributed by atoms with Gasteiger partial charge in [0.15, 0.2) is 0 Å². The molecule has 0 saturated carbocycles. The number of ether oxygens (including phenoxy) is 2. The molecule has 1 fully saturated rings. The molecule has 2 aromatic heterocycles. The highest BCUT2D eigenvalue weighted by Crippen LogP contribution is 2.22. The van der Waals surface area contributed by atoms with E-state index < -0.39 is 0 Å². The average Bonchev–Trinajstić information content (AvgIpc) is 3.05. The highest BCUT2D eigenvalue weighted by atomic mass is 16.5. The lowest BCUT2D eigenvalue weighted by Crippen LogP contribution is -2.42. The molecule has 6 heteroatoms. The Bertz CT molecular complexity index is 725. The summed E-state index contributed by atoms with van der Waals surface area (Å²) in [6.07, 6.45) is 7.25. The van der Waals surface area contributed by atoms with Crippen LogP contribution in [-0.4, -0.2) is 46.2 Å². The van der Waals surface area contributed by atoms with Crippen LogP contribution in [-0.2, 0) is 34.0 Å². The van der Waals surface area contributed by atoms with Gasteiger partial charge in [0.25, 0.3) is 0 Å². The van der Waals surface area contributed by atoms with E-state index in [0.717, 1.165) is 30.6 Å². The van der Waals surface area contributed by atoms with Gasteiger partial charge in [0, 0.05) is 50.0 Å². The third kappa shape index (κ3) is 3.97. The molecule has 1 atom stereocenters. The summed E-state index contributed by atoms with van der Waals surface area (Å²) in [4.78, 5) is 19.2. The molecule has 4 rings (SSSR count). The van der Waals surface area contributed by atoms with Gasteiger partial charge in [0.1, 0.15) is 0 Å². The van der Waals surface area contributed by atoms with E-state index in [1.807, 2.05) is 29.3 Å². The molecule has 26 heavy (non-hydrogen) atoms. The molecule has 4 heterocycles. The van der Waals surface area contributed by atoms with Crippen LogP contribution < -0.4 is 0 Å². The predicted octanol–water partition coefficient (Wildman–Crippen LogP) is 2.24. The van der Waals surface area contributed by atoms with Gasteiger partial charge >= 0.3 is 0 Å². The number of hydrogen-bond donors (Lipinski definition) is 0. The molecule has 138 valence electrons. The Morgan fingerprint density at radius 3 is 2.92 bits per heavy atom. The zero-order chi connectivity index (χ0) is 17.8. The minimum absolute atomic E-state index is 0.0346. The van der Waals surface area contributed by atoms with E-state index in [4.69, 9.17) is 9.47 Å². The van der Waals surface area contributed by atoms with E-state index >= 15 is 0 Å². The molecule has 0 aromatic carbocycles.